The van der Waals surface area contributed by atoms with E-state index in [9.17, 15) is 9.90 Å². The maximum Gasteiger partial charge on any atom is 0.248 e. The van der Waals surface area contributed by atoms with Crippen LogP contribution in [0.5, 0.6) is 0 Å². The monoisotopic (exact) mass is 243 g/mol. The fourth-order valence-corrected chi connectivity index (χ4v) is 3.46. The molecule has 94 valence electrons. The maximum absolute atomic E-state index is 11.4. The van der Waals surface area contributed by atoms with E-state index < -0.39 is 5.60 Å². The Kier molecular flexibility index (Phi) is 2.35. The highest BCUT2D eigenvalue weighted by Crippen LogP contribution is 2.49. The van der Waals surface area contributed by atoms with E-state index in [0.717, 1.165) is 23.3 Å². The van der Waals surface area contributed by atoms with E-state index in [-0.39, 0.29) is 11.5 Å². The molecule has 2 atom stereocenters. The van der Waals surface area contributed by atoms with Crippen molar-refractivity contribution in [3.05, 3.63) is 57.0 Å². The molecule has 3 heteroatoms. The Morgan fingerprint density at radius 1 is 1.50 bits per heavy atom. The summed E-state index contributed by atoms with van der Waals surface area (Å²) in [7, 11) is 0. The average molecular weight is 243 g/mol. The molecule has 18 heavy (non-hydrogen) atoms. The second-order valence-corrected chi connectivity index (χ2v) is 5.32. The number of hydrogen-bond donors (Lipinski definition) is 2. The molecule has 1 heterocycles. The molecular weight excluding hydrogens is 226 g/mol. The normalized spacial score (nSPS) is 32.1. The molecule has 2 bridgehead atoms. The smallest absolute Gasteiger partial charge is 0.248 e. The van der Waals surface area contributed by atoms with Crippen LogP contribution >= 0.6 is 0 Å². The molecule has 1 aromatic heterocycles. The maximum atomic E-state index is 11.4. The van der Waals surface area contributed by atoms with Crippen molar-refractivity contribution in [3.8, 4) is 0 Å². The Hall–Kier alpha value is -1.61. The molecule has 3 nitrogen and oxygen atoms in total. The van der Waals surface area contributed by atoms with Gasteiger partial charge < -0.3 is 10.1 Å². The van der Waals surface area contributed by atoms with Crippen LogP contribution in [-0.4, -0.2) is 10.1 Å². The molecule has 0 aliphatic heterocycles. The van der Waals surface area contributed by atoms with Gasteiger partial charge in [0.25, 0.3) is 0 Å². The molecule has 2 aliphatic carbocycles. The van der Waals surface area contributed by atoms with Crippen LogP contribution < -0.4 is 5.56 Å². The fraction of sp³-hybridized carbons (Fsp3) is 0.400. The lowest BCUT2D eigenvalue weighted by atomic mass is 9.65. The highest BCUT2D eigenvalue weighted by molar-refractivity contribution is 5.47. The van der Waals surface area contributed by atoms with Crippen LogP contribution in [-0.2, 0) is 12.0 Å². The Labute approximate surface area is 106 Å². The molecule has 3 rings (SSSR count). The summed E-state index contributed by atoms with van der Waals surface area (Å²) in [6.45, 7) is 4.03. The highest BCUT2D eigenvalue weighted by Gasteiger charge is 2.45. The van der Waals surface area contributed by atoms with Crippen molar-refractivity contribution >= 4 is 0 Å². The van der Waals surface area contributed by atoms with Crippen LogP contribution in [0.1, 0.15) is 31.5 Å². The number of hydrogen-bond acceptors (Lipinski definition) is 2. The Bertz CT molecular complexity index is 624. The fourth-order valence-electron chi connectivity index (χ4n) is 3.46. The van der Waals surface area contributed by atoms with Gasteiger partial charge in [-0.3, -0.25) is 4.79 Å². The summed E-state index contributed by atoms with van der Waals surface area (Å²) in [6.07, 6.45) is 5.60. The van der Waals surface area contributed by atoms with Gasteiger partial charge in [-0.2, -0.15) is 0 Å². The van der Waals surface area contributed by atoms with Gasteiger partial charge in [0.15, 0.2) is 0 Å². The molecule has 0 spiro atoms. The third kappa shape index (κ3) is 1.44. The SMILES string of the molecule is CC=C1C2C=C(C)CC1(O)c1ccc(=O)[nH]c1C2. The van der Waals surface area contributed by atoms with Gasteiger partial charge in [-0.15, -0.1) is 0 Å². The van der Waals surface area contributed by atoms with Gasteiger partial charge in [0.2, 0.25) is 5.56 Å². The molecule has 0 radical (unpaired) electrons. The van der Waals surface area contributed by atoms with Gasteiger partial charge in [0, 0.05) is 29.7 Å². The molecule has 2 unspecified atom stereocenters. The number of aromatic amines is 1. The summed E-state index contributed by atoms with van der Waals surface area (Å²) in [5, 5.41) is 11.0. The number of fused-ring (bicyclic) bond motifs is 4. The molecule has 0 fully saturated rings. The number of allylic oxidation sites excluding steroid dienone is 2. The van der Waals surface area contributed by atoms with Gasteiger partial charge >= 0.3 is 0 Å². The zero-order chi connectivity index (χ0) is 12.9. The zero-order valence-electron chi connectivity index (χ0n) is 10.7. The number of pyridine rings is 1. The number of aliphatic hydroxyl groups is 1. The predicted molar refractivity (Wildman–Crippen MR) is 70.3 cm³/mol. The Morgan fingerprint density at radius 3 is 3.00 bits per heavy atom. The largest absolute Gasteiger partial charge is 0.380 e. The van der Waals surface area contributed by atoms with Crippen molar-refractivity contribution in [1.82, 2.24) is 4.98 Å². The van der Waals surface area contributed by atoms with Crippen LogP contribution in [0, 0.1) is 5.92 Å². The van der Waals surface area contributed by atoms with Gasteiger partial charge in [0.05, 0.1) is 0 Å². The summed E-state index contributed by atoms with van der Waals surface area (Å²) < 4.78 is 0. The van der Waals surface area contributed by atoms with Crippen molar-refractivity contribution in [3.63, 3.8) is 0 Å². The van der Waals surface area contributed by atoms with Crippen LogP contribution in [0.2, 0.25) is 0 Å². The van der Waals surface area contributed by atoms with Crippen molar-refractivity contribution < 1.29 is 5.11 Å². The summed E-state index contributed by atoms with van der Waals surface area (Å²) in [5.41, 5.74) is 2.98. The van der Waals surface area contributed by atoms with E-state index in [2.05, 4.69) is 18.0 Å². The zero-order valence-corrected chi connectivity index (χ0v) is 10.7. The predicted octanol–water partition coefficient (Wildman–Crippen LogP) is 2.03. The lowest BCUT2D eigenvalue weighted by Gasteiger charge is -2.44. The first-order valence-electron chi connectivity index (χ1n) is 6.33. The summed E-state index contributed by atoms with van der Waals surface area (Å²) in [6, 6.07) is 3.27. The molecule has 1 aromatic rings. The van der Waals surface area contributed by atoms with E-state index in [1.54, 1.807) is 6.07 Å². The molecule has 0 amide bonds. The second-order valence-electron chi connectivity index (χ2n) is 5.32. The van der Waals surface area contributed by atoms with Gasteiger partial charge in [-0.25, -0.2) is 0 Å². The number of nitrogens with one attached hydrogen (secondary N) is 1. The average Bonchev–Trinajstić information content (AvgIpc) is 2.26. The molecular formula is C15H17NO2. The minimum Gasteiger partial charge on any atom is -0.380 e. The molecule has 2 aliphatic rings. The lowest BCUT2D eigenvalue weighted by Crippen LogP contribution is -2.41. The first kappa shape index (κ1) is 11.5. The minimum absolute atomic E-state index is 0.0972. The second kappa shape index (κ2) is 3.69. The first-order valence-corrected chi connectivity index (χ1v) is 6.33. The molecule has 0 aromatic carbocycles. The molecule has 0 saturated carbocycles. The summed E-state index contributed by atoms with van der Waals surface area (Å²) in [4.78, 5) is 14.3. The summed E-state index contributed by atoms with van der Waals surface area (Å²) in [5.74, 6) is 0.208. The van der Waals surface area contributed by atoms with Crippen LogP contribution in [0.15, 0.2) is 40.2 Å². The van der Waals surface area contributed by atoms with Crippen molar-refractivity contribution in [2.75, 3.05) is 0 Å². The quantitative estimate of drug-likeness (QED) is 0.685. The lowest BCUT2D eigenvalue weighted by molar-refractivity contribution is 0.0547. The van der Waals surface area contributed by atoms with Crippen molar-refractivity contribution in [2.24, 2.45) is 5.92 Å². The number of rotatable bonds is 0. The third-order valence-electron chi connectivity index (χ3n) is 4.08. The molecule has 0 saturated heterocycles. The van der Waals surface area contributed by atoms with Gasteiger partial charge in [-0.1, -0.05) is 17.7 Å². The van der Waals surface area contributed by atoms with E-state index in [4.69, 9.17) is 0 Å². The topological polar surface area (TPSA) is 53.1 Å². The van der Waals surface area contributed by atoms with Crippen molar-refractivity contribution in [1.29, 1.82) is 0 Å². The van der Waals surface area contributed by atoms with E-state index in [1.165, 1.54) is 11.6 Å². The number of aromatic nitrogens is 1. The van der Waals surface area contributed by atoms with E-state index >= 15 is 0 Å². The van der Waals surface area contributed by atoms with E-state index in [1.807, 2.05) is 13.0 Å². The van der Waals surface area contributed by atoms with Crippen LogP contribution in [0.3, 0.4) is 0 Å². The van der Waals surface area contributed by atoms with E-state index in [0.29, 0.717) is 6.42 Å². The third-order valence-corrected chi connectivity index (χ3v) is 4.08. The van der Waals surface area contributed by atoms with Gasteiger partial charge in [0.1, 0.15) is 5.60 Å². The Morgan fingerprint density at radius 2 is 2.28 bits per heavy atom. The first-order chi connectivity index (χ1) is 8.54. The van der Waals surface area contributed by atoms with Crippen LogP contribution in [0.25, 0.3) is 0 Å². The number of H-pyrrole nitrogens is 1. The van der Waals surface area contributed by atoms with Crippen molar-refractivity contribution in [2.45, 2.75) is 32.3 Å². The standard InChI is InChI=1S/C15H17NO2/c1-3-11-10-6-9(2)8-15(11,18)12-4-5-14(17)16-13(12)7-10/h3-6,10,18H,7-8H2,1-2H3,(H,16,17). The Balaban J connectivity index is 2.28. The highest BCUT2D eigenvalue weighted by atomic mass is 16.3. The van der Waals surface area contributed by atoms with Gasteiger partial charge in [-0.05, 0) is 31.9 Å². The molecule has 2 N–H and O–H groups in total. The van der Waals surface area contributed by atoms with Crippen LogP contribution in [0.4, 0.5) is 0 Å². The summed E-state index contributed by atoms with van der Waals surface area (Å²) >= 11 is 0. The minimum atomic E-state index is -0.934.